The van der Waals surface area contributed by atoms with E-state index in [2.05, 4.69) is 33.8 Å². The first-order valence-electron chi connectivity index (χ1n) is 5.52. The Kier molecular flexibility index (Phi) is 7.50. The molecule has 0 unspecified atom stereocenters. The molecule has 0 atom stereocenters. The van der Waals surface area contributed by atoms with Gasteiger partial charge in [-0.2, -0.15) is 0 Å². The SMILES string of the molecule is CCC/C=C(\CC)C(COC)=C(C)C. The van der Waals surface area contributed by atoms with Crippen molar-refractivity contribution in [2.24, 2.45) is 0 Å². The molecule has 0 radical (unpaired) electrons. The van der Waals surface area contributed by atoms with Crippen LogP contribution in [0, 0.1) is 0 Å². The van der Waals surface area contributed by atoms with Crippen molar-refractivity contribution in [1.29, 1.82) is 0 Å². The molecule has 14 heavy (non-hydrogen) atoms. The van der Waals surface area contributed by atoms with Crippen LogP contribution in [0.1, 0.15) is 47.0 Å². The summed E-state index contributed by atoms with van der Waals surface area (Å²) < 4.78 is 5.23. The monoisotopic (exact) mass is 196 g/mol. The molecule has 0 N–H and O–H groups in total. The molecule has 0 fully saturated rings. The van der Waals surface area contributed by atoms with Gasteiger partial charge in [0.1, 0.15) is 0 Å². The first-order chi connectivity index (χ1) is 6.67. The maximum absolute atomic E-state index is 5.23. The Bertz CT molecular complexity index is 207. The van der Waals surface area contributed by atoms with Crippen LogP contribution in [0.5, 0.6) is 0 Å². The van der Waals surface area contributed by atoms with Gasteiger partial charge in [0.25, 0.3) is 0 Å². The zero-order valence-electron chi connectivity index (χ0n) is 10.3. The van der Waals surface area contributed by atoms with E-state index in [0.717, 1.165) is 13.0 Å². The van der Waals surface area contributed by atoms with Crippen LogP contribution < -0.4 is 0 Å². The third kappa shape index (κ3) is 4.61. The molecule has 0 rings (SSSR count). The Morgan fingerprint density at radius 2 is 1.86 bits per heavy atom. The molecule has 0 amide bonds. The maximum Gasteiger partial charge on any atom is 0.0714 e. The second-order valence-electron chi connectivity index (χ2n) is 3.78. The lowest BCUT2D eigenvalue weighted by Crippen LogP contribution is -2.00. The van der Waals surface area contributed by atoms with Gasteiger partial charge in [-0.15, -0.1) is 0 Å². The van der Waals surface area contributed by atoms with Crippen LogP contribution >= 0.6 is 0 Å². The molecule has 82 valence electrons. The smallest absolute Gasteiger partial charge is 0.0714 e. The lowest BCUT2D eigenvalue weighted by molar-refractivity contribution is 0.226. The number of allylic oxidation sites excluding steroid dienone is 2. The summed E-state index contributed by atoms with van der Waals surface area (Å²) in [5, 5.41) is 0. The summed E-state index contributed by atoms with van der Waals surface area (Å²) in [6.07, 6.45) is 5.83. The predicted molar refractivity (Wildman–Crippen MR) is 63.5 cm³/mol. The van der Waals surface area contributed by atoms with Gasteiger partial charge in [-0.1, -0.05) is 31.9 Å². The van der Waals surface area contributed by atoms with E-state index in [-0.39, 0.29) is 0 Å². The normalized spacial score (nSPS) is 11.6. The van der Waals surface area contributed by atoms with Crippen molar-refractivity contribution in [2.75, 3.05) is 13.7 Å². The van der Waals surface area contributed by atoms with Crippen LogP contribution in [0.15, 0.2) is 22.8 Å². The molecule has 0 aromatic rings. The molecule has 0 aliphatic heterocycles. The molecule has 0 aromatic heterocycles. The Hall–Kier alpha value is -0.560. The Labute approximate surface area is 88.9 Å². The fraction of sp³-hybridized carbons (Fsp3) is 0.692. The Balaban J connectivity index is 4.69. The predicted octanol–water partition coefficient (Wildman–Crippen LogP) is 4.11. The zero-order valence-corrected chi connectivity index (χ0v) is 10.3. The number of rotatable bonds is 6. The topological polar surface area (TPSA) is 9.23 Å². The van der Waals surface area contributed by atoms with Crippen molar-refractivity contribution in [3.8, 4) is 0 Å². The van der Waals surface area contributed by atoms with Gasteiger partial charge in [-0.05, 0) is 37.8 Å². The standard InChI is InChI=1S/C13H24O/c1-6-8-9-12(7-2)13(10-14-5)11(3)4/h9H,6-8,10H2,1-5H3/b12-9+. The summed E-state index contributed by atoms with van der Waals surface area (Å²) in [5.74, 6) is 0. The largest absolute Gasteiger partial charge is 0.380 e. The molecule has 1 nitrogen and oxygen atoms in total. The summed E-state index contributed by atoms with van der Waals surface area (Å²) in [6.45, 7) is 9.47. The number of methoxy groups -OCH3 is 1. The van der Waals surface area contributed by atoms with E-state index in [4.69, 9.17) is 4.74 Å². The molecule has 0 bridgehead atoms. The van der Waals surface area contributed by atoms with Crippen LogP contribution in [-0.4, -0.2) is 13.7 Å². The van der Waals surface area contributed by atoms with E-state index in [1.54, 1.807) is 7.11 Å². The average Bonchev–Trinajstić information content (AvgIpc) is 2.17. The molecule has 0 heterocycles. The third-order valence-electron chi connectivity index (χ3n) is 2.34. The average molecular weight is 196 g/mol. The summed E-state index contributed by atoms with van der Waals surface area (Å²) in [4.78, 5) is 0. The summed E-state index contributed by atoms with van der Waals surface area (Å²) in [5.41, 5.74) is 4.20. The van der Waals surface area contributed by atoms with E-state index in [1.807, 2.05) is 0 Å². The van der Waals surface area contributed by atoms with Crippen LogP contribution in [-0.2, 0) is 4.74 Å². The van der Waals surface area contributed by atoms with E-state index >= 15 is 0 Å². The zero-order chi connectivity index (χ0) is 11.0. The van der Waals surface area contributed by atoms with Gasteiger partial charge in [0, 0.05) is 7.11 Å². The van der Waals surface area contributed by atoms with E-state index in [9.17, 15) is 0 Å². The van der Waals surface area contributed by atoms with Crippen molar-refractivity contribution in [1.82, 2.24) is 0 Å². The highest BCUT2D eigenvalue weighted by Gasteiger charge is 2.04. The molecular weight excluding hydrogens is 172 g/mol. The van der Waals surface area contributed by atoms with Crippen molar-refractivity contribution in [2.45, 2.75) is 47.0 Å². The highest BCUT2D eigenvalue weighted by Crippen LogP contribution is 2.19. The first kappa shape index (κ1) is 13.4. The molecular formula is C13H24O. The Morgan fingerprint density at radius 3 is 2.21 bits per heavy atom. The van der Waals surface area contributed by atoms with Gasteiger partial charge in [0.15, 0.2) is 0 Å². The quantitative estimate of drug-likeness (QED) is 0.581. The molecule has 0 saturated carbocycles. The van der Waals surface area contributed by atoms with E-state index in [0.29, 0.717) is 0 Å². The molecule has 0 aliphatic carbocycles. The molecule has 0 spiro atoms. The third-order valence-corrected chi connectivity index (χ3v) is 2.34. The van der Waals surface area contributed by atoms with Crippen LogP contribution in [0.4, 0.5) is 0 Å². The lowest BCUT2D eigenvalue weighted by atomic mass is 9.98. The minimum Gasteiger partial charge on any atom is -0.380 e. The van der Waals surface area contributed by atoms with Gasteiger partial charge in [-0.25, -0.2) is 0 Å². The van der Waals surface area contributed by atoms with Gasteiger partial charge < -0.3 is 4.74 Å². The number of hydrogen-bond donors (Lipinski definition) is 0. The second kappa shape index (κ2) is 7.81. The number of ether oxygens (including phenoxy) is 1. The lowest BCUT2D eigenvalue weighted by Gasteiger charge is -2.12. The van der Waals surface area contributed by atoms with E-state index in [1.165, 1.54) is 29.6 Å². The van der Waals surface area contributed by atoms with Crippen LogP contribution in [0.2, 0.25) is 0 Å². The van der Waals surface area contributed by atoms with Gasteiger partial charge >= 0.3 is 0 Å². The van der Waals surface area contributed by atoms with Gasteiger partial charge in [0.05, 0.1) is 6.61 Å². The van der Waals surface area contributed by atoms with Crippen molar-refractivity contribution >= 4 is 0 Å². The fourth-order valence-electron chi connectivity index (χ4n) is 1.50. The molecule has 0 saturated heterocycles. The summed E-state index contributed by atoms with van der Waals surface area (Å²) in [7, 11) is 1.76. The van der Waals surface area contributed by atoms with Gasteiger partial charge in [-0.3, -0.25) is 0 Å². The molecule has 1 heteroatoms. The Morgan fingerprint density at radius 1 is 1.21 bits per heavy atom. The number of hydrogen-bond acceptors (Lipinski definition) is 1. The van der Waals surface area contributed by atoms with Crippen molar-refractivity contribution < 1.29 is 4.74 Å². The second-order valence-corrected chi connectivity index (χ2v) is 3.78. The highest BCUT2D eigenvalue weighted by atomic mass is 16.5. The van der Waals surface area contributed by atoms with Crippen LogP contribution in [0.25, 0.3) is 0 Å². The first-order valence-corrected chi connectivity index (χ1v) is 5.52. The number of unbranched alkanes of at least 4 members (excludes halogenated alkanes) is 1. The van der Waals surface area contributed by atoms with Crippen molar-refractivity contribution in [3.63, 3.8) is 0 Å². The fourth-order valence-corrected chi connectivity index (χ4v) is 1.50. The van der Waals surface area contributed by atoms with Gasteiger partial charge in [0.2, 0.25) is 0 Å². The molecule has 0 aliphatic rings. The van der Waals surface area contributed by atoms with E-state index < -0.39 is 0 Å². The van der Waals surface area contributed by atoms with Crippen molar-refractivity contribution in [3.05, 3.63) is 22.8 Å². The van der Waals surface area contributed by atoms with Crippen LogP contribution in [0.3, 0.4) is 0 Å². The maximum atomic E-state index is 5.23. The molecule has 0 aromatic carbocycles. The minimum atomic E-state index is 0.742. The summed E-state index contributed by atoms with van der Waals surface area (Å²) in [6, 6.07) is 0. The minimum absolute atomic E-state index is 0.742. The summed E-state index contributed by atoms with van der Waals surface area (Å²) >= 11 is 0. The highest BCUT2D eigenvalue weighted by molar-refractivity contribution is 5.34.